The van der Waals surface area contributed by atoms with Gasteiger partial charge in [0.25, 0.3) is 0 Å². The molecule has 0 spiro atoms. The van der Waals surface area contributed by atoms with Gasteiger partial charge in [-0.2, -0.15) is 5.10 Å². The molecule has 0 aliphatic carbocycles. The molecular formula is C14H18IrN3-. The maximum atomic E-state index is 4.31. The number of hydrogen-bond donors (Lipinski definition) is 0. The summed E-state index contributed by atoms with van der Waals surface area (Å²) in [4.78, 5) is 0. The first-order chi connectivity index (χ1) is 8.36. The minimum Gasteiger partial charge on any atom is -0.351 e. The molecule has 1 aromatic carbocycles. The number of benzene rings is 1. The van der Waals surface area contributed by atoms with E-state index < -0.39 is 0 Å². The second kappa shape index (κ2) is 7.45. The number of aryl methyl sites for hydroxylation is 1. The van der Waals surface area contributed by atoms with Gasteiger partial charge in [0.1, 0.15) is 5.82 Å². The summed E-state index contributed by atoms with van der Waals surface area (Å²) in [7, 11) is 0. The summed E-state index contributed by atoms with van der Waals surface area (Å²) < 4.78 is 2.22. The van der Waals surface area contributed by atoms with Gasteiger partial charge in [0.05, 0.1) is 5.82 Å². The van der Waals surface area contributed by atoms with Crippen molar-refractivity contribution in [1.82, 2.24) is 14.8 Å². The van der Waals surface area contributed by atoms with Crippen molar-refractivity contribution in [2.24, 2.45) is 0 Å². The summed E-state index contributed by atoms with van der Waals surface area (Å²) >= 11 is 0. The van der Waals surface area contributed by atoms with E-state index >= 15 is 0 Å². The predicted octanol–water partition coefficient (Wildman–Crippen LogP) is 3.11. The molecule has 0 saturated heterocycles. The smallest absolute Gasteiger partial charge is 0.123 e. The molecular weight excluding hydrogens is 402 g/mol. The maximum absolute atomic E-state index is 4.31. The third-order valence-electron chi connectivity index (χ3n) is 2.70. The van der Waals surface area contributed by atoms with Crippen molar-refractivity contribution in [3.8, 4) is 11.4 Å². The van der Waals surface area contributed by atoms with Crippen LogP contribution in [-0.2, 0) is 33.1 Å². The summed E-state index contributed by atoms with van der Waals surface area (Å²) in [5, 5.41) is 8.60. The topological polar surface area (TPSA) is 30.7 Å². The van der Waals surface area contributed by atoms with E-state index in [9.17, 15) is 0 Å². The van der Waals surface area contributed by atoms with E-state index in [1.807, 2.05) is 24.3 Å². The summed E-state index contributed by atoms with van der Waals surface area (Å²) in [6.07, 6.45) is 3.18. The number of rotatable bonds is 5. The van der Waals surface area contributed by atoms with E-state index in [1.54, 1.807) is 0 Å². The monoisotopic (exact) mass is 421 g/mol. The predicted molar refractivity (Wildman–Crippen MR) is 68.6 cm³/mol. The average Bonchev–Trinajstić information content (AvgIpc) is 2.75. The van der Waals surface area contributed by atoms with E-state index in [1.165, 1.54) is 0 Å². The zero-order valence-electron chi connectivity index (χ0n) is 10.8. The van der Waals surface area contributed by atoms with Crippen LogP contribution in [0.4, 0.5) is 0 Å². The molecule has 0 bridgehead atoms. The van der Waals surface area contributed by atoms with Gasteiger partial charge in [-0.1, -0.05) is 13.8 Å². The minimum atomic E-state index is 0. The van der Waals surface area contributed by atoms with Crippen molar-refractivity contribution in [2.75, 3.05) is 0 Å². The van der Waals surface area contributed by atoms with Crippen LogP contribution < -0.4 is 0 Å². The third kappa shape index (κ3) is 3.27. The maximum Gasteiger partial charge on any atom is 0.123 e. The van der Waals surface area contributed by atoms with E-state index in [0.717, 1.165) is 43.0 Å². The summed E-state index contributed by atoms with van der Waals surface area (Å²) in [5.74, 6) is 2.03. The average molecular weight is 421 g/mol. The molecule has 0 atom stereocenters. The van der Waals surface area contributed by atoms with Gasteiger partial charge in [0.2, 0.25) is 0 Å². The van der Waals surface area contributed by atoms with Crippen molar-refractivity contribution < 1.29 is 20.1 Å². The quantitative estimate of drug-likeness (QED) is 0.696. The molecule has 99 valence electrons. The van der Waals surface area contributed by atoms with Crippen LogP contribution in [-0.4, -0.2) is 14.8 Å². The van der Waals surface area contributed by atoms with Gasteiger partial charge < -0.3 is 4.57 Å². The molecule has 0 N–H and O–H groups in total. The van der Waals surface area contributed by atoms with Crippen molar-refractivity contribution in [3.63, 3.8) is 0 Å². The van der Waals surface area contributed by atoms with Crippen LogP contribution in [0.25, 0.3) is 11.4 Å². The van der Waals surface area contributed by atoms with Crippen LogP contribution >= 0.6 is 0 Å². The van der Waals surface area contributed by atoms with Crippen LogP contribution in [0.5, 0.6) is 0 Å². The summed E-state index contributed by atoms with van der Waals surface area (Å²) in [6.45, 7) is 5.31. The molecule has 2 rings (SSSR count). The largest absolute Gasteiger partial charge is 0.351 e. The van der Waals surface area contributed by atoms with Crippen LogP contribution in [0.1, 0.15) is 32.5 Å². The Kier molecular flexibility index (Phi) is 6.23. The van der Waals surface area contributed by atoms with E-state index in [2.05, 4.69) is 34.7 Å². The standard InChI is InChI=1S/C14H18N3.Ir/c1-3-8-13-15-16-14(17(13)11-4-2)12-9-6-5-7-10-12;/h5-7,9H,3-4,8,11H2,1-2H3;/q-1;. The first kappa shape index (κ1) is 15.1. The normalized spacial score (nSPS) is 10.1. The summed E-state index contributed by atoms with van der Waals surface area (Å²) in [6, 6.07) is 11.1. The fourth-order valence-corrected chi connectivity index (χ4v) is 1.93. The molecule has 1 radical (unpaired) electrons. The van der Waals surface area contributed by atoms with E-state index in [4.69, 9.17) is 0 Å². The van der Waals surface area contributed by atoms with Crippen LogP contribution in [0.2, 0.25) is 0 Å². The molecule has 4 heteroatoms. The van der Waals surface area contributed by atoms with Crippen LogP contribution in [0, 0.1) is 6.07 Å². The fourth-order valence-electron chi connectivity index (χ4n) is 1.93. The fraction of sp³-hybridized carbons (Fsp3) is 0.429. The molecule has 0 fully saturated rings. The zero-order chi connectivity index (χ0) is 12.1. The molecule has 0 amide bonds. The van der Waals surface area contributed by atoms with Gasteiger partial charge in [-0.25, -0.2) is 0 Å². The van der Waals surface area contributed by atoms with Gasteiger partial charge in [-0.15, -0.1) is 41.0 Å². The number of aromatic nitrogens is 3. The van der Waals surface area contributed by atoms with Gasteiger partial charge in [0.15, 0.2) is 0 Å². The second-order valence-electron chi connectivity index (χ2n) is 4.12. The molecule has 0 aliphatic heterocycles. The second-order valence-corrected chi connectivity index (χ2v) is 4.12. The van der Waals surface area contributed by atoms with Gasteiger partial charge in [-0.3, -0.25) is 0 Å². The Balaban J connectivity index is 0.00000162. The Bertz CT molecular complexity index is 465. The van der Waals surface area contributed by atoms with Gasteiger partial charge >= 0.3 is 0 Å². The Morgan fingerprint density at radius 3 is 2.61 bits per heavy atom. The first-order valence-corrected chi connectivity index (χ1v) is 6.26. The van der Waals surface area contributed by atoms with Crippen molar-refractivity contribution in [1.29, 1.82) is 0 Å². The summed E-state index contributed by atoms with van der Waals surface area (Å²) in [5.41, 5.74) is 1.02. The Labute approximate surface area is 122 Å². The van der Waals surface area contributed by atoms with Crippen LogP contribution in [0.15, 0.2) is 24.3 Å². The molecule has 3 nitrogen and oxygen atoms in total. The minimum absolute atomic E-state index is 0. The molecule has 0 unspecified atom stereocenters. The number of hydrogen-bond acceptors (Lipinski definition) is 2. The first-order valence-electron chi connectivity index (χ1n) is 6.26. The SMILES string of the molecule is CCCc1nnc(-c2[c-]cccc2)n1CCC.[Ir]. The van der Waals surface area contributed by atoms with E-state index in [-0.39, 0.29) is 20.1 Å². The number of nitrogens with zero attached hydrogens (tertiary/aromatic N) is 3. The Hall–Kier alpha value is -0.991. The molecule has 2 aromatic rings. The van der Waals surface area contributed by atoms with Crippen LogP contribution in [0.3, 0.4) is 0 Å². The molecule has 18 heavy (non-hydrogen) atoms. The van der Waals surface area contributed by atoms with Gasteiger partial charge in [0, 0.05) is 33.1 Å². The molecule has 1 aromatic heterocycles. The Morgan fingerprint density at radius 2 is 2.00 bits per heavy atom. The Morgan fingerprint density at radius 1 is 1.17 bits per heavy atom. The third-order valence-corrected chi connectivity index (χ3v) is 2.70. The molecule has 0 aliphatic rings. The van der Waals surface area contributed by atoms with E-state index in [0.29, 0.717) is 0 Å². The molecule has 1 heterocycles. The zero-order valence-corrected chi connectivity index (χ0v) is 13.2. The molecule has 0 saturated carbocycles. The van der Waals surface area contributed by atoms with Crippen molar-refractivity contribution >= 4 is 0 Å². The van der Waals surface area contributed by atoms with Crippen molar-refractivity contribution in [2.45, 2.75) is 39.7 Å². The van der Waals surface area contributed by atoms with Gasteiger partial charge in [-0.05, 0) is 12.8 Å². The van der Waals surface area contributed by atoms with Crippen molar-refractivity contribution in [3.05, 3.63) is 36.2 Å².